The minimum absolute atomic E-state index is 0.0943. The number of aromatic nitrogens is 1. The maximum Gasteiger partial charge on any atom is 0.306 e. The first-order valence-electron chi connectivity index (χ1n) is 11.4. The van der Waals surface area contributed by atoms with E-state index in [1.165, 1.54) is 35.5 Å². The number of hydrogen-bond acceptors (Lipinski definition) is 7. The highest BCUT2D eigenvalue weighted by Gasteiger charge is 2.26. The van der Waals surface area contributed by atoms with Gasteiger partial charge in [-0.2, -0.15) is 4.31 Å². The highest BCUT2D eigenvalue weighted by atomic mass is 32.2. The summed E-state index contributed by atoms with van der Waals surface area (Å²) in [6.07, 6.45) is -0.516. The van der Waals surface area contributed by atoms with Crippen LogP contribution in [0.25, 0.3) is 10.9 Å². The number of para-hydroxylation sites is 1. The van der Waals surface area contributed by atoms with Gasteiger partial charge in [0.2, 0.25) is 10.0 Å². The lowest BCUT2D eigenvalue weighted by Crippen LogP contribution is -2.40. The topological polar surface area (TPSA) is 115 Å². The minimum atomic E-state index is -3.61. The smallest absolute Gasteiger partial charge is 0.306 e. The Balaban J connectivity index is 1.27. The predicted octanol–water partition coefficient (Wildman–Crippen LogP) is 2.76. The van der Waals surface area contributed by atoms with E-state index >= 15 is 0 Å². The third-order valence-corrected chi connectivity index (χ3v) is 7.56. The molecule has 0 aliphatic carbocycles. The molecule has 1 unspecified atom stereocenters. The fourth-order valence-electron chi connectivity index (χ4n) is 3.68. The Bertz CT molecular complexity index is 1300. The van der Waals surface area contributed by atoms with E-state index in [-0.39, 0.29) is 11.3 Å². The third-order valence-electron chi connectivity index (χ3n) is 5.65. The number of anilines is 1. The van der Waals surface area contributed by atoms with Gasteiger partial charge in [-0.1, -0.05) is 24.3 Å². The monoisotopic (exact) mass is 497 g/mol. The van der Waals surface area contributed by atoms with E-state index in [9.17, 15) is 18.0 Å². The van der Waals surface area contributed by atoms with Crippen molar-refractivity contribution in [2.24, 2.45) is 0 Å². The van der Waals surface area contributed by atoms with Gasteiger partial charge in [0.25, 0.3) is 5.91 Å². The average molecular weight is 498 g/mol. The normalized spacial score (nSPS) is 15.5. The van der Waals surface area contributed by atoms with Gasteiger partial charge in [0.05, 0.1) is 30.0 Å². The summed E-state index contributed by atoms with van der Waals surface area (Å²) in [7, 11) is -3.61. The summed E-state index contributed by atoms with van der Waals surface area (Å²) >= 11 is 0. The third kappa shape index (κ3) is 6.21. The number of pyridine rings is 1. The van der Waals surface area contributed by atoms with Crippen molar-refractivity contribution in [2.45, 2.75) is 30.8 Å². The highest BCUT2D eigenvalue weighted by molar-refractivity contribution is 7.89. The van der Waals surface area contributed by atoms with Gasteiger partial charge in [0.15, 0.2) is 6.10 Å². The molecule has 1 aliphatic heterocycles. The van der Waals surface area contributed by atoms with Crippen LogP contribution in [0.15, 0.2) is 65.6 Å². The number of benzene rings is 2. The molecule has 0 spiro atoms. The lowest BCUT2D eigenvalue weighted by atomic mass is 10.1. The van der Waals surface area contributed by atoms with Crippen LogP contribution in [0.1, 0.15) is 19.0 Å². The van der Waals surface area contributed by atoms with Gasteiger partial charge in [-0.3, -0.25) is 14.6 Å². The van der Waals surface area contributed by atoms with Gasteiger partial charge in [0, 0.05) is 36.3 Å². The Morgan fingerprint density at radius 3 is 2.51 bits per heavy atom. The minimum Gasteiger partial charge on any atom is -0.453 e. The van der Waals surface area contributed by atoms with E-state index in [0.29, 0.717) is 38.4 Å². The van der Waals surface area contributed by atoms with E-state index < -0.39 is 28.0 Å². The molecule has 1 amide bonds. The van der Waals surface area contributed by atoms with Crippen LogP contribution in [0, 0.1) is 0 Å². The van der Waals surface area contributed by atoms with Crippen molar-refractivity contribution in [3.8, 4) is 0 Å². The molecule has 0 bridgehead atoms. The van der Waals surface area contributed by atoms with Crippen molar-refractivity contribution in [1.82, 2.24) is 9.29 Å². The number of carbonyl (C=O) groups is 2. The molecule has 4 rings (SSSR count). The van der Waals surface area contributed by atoms with E-state index in [2.05, 4.69) is 10.3 Å². The summed E-state index contributed by atoms with van der Waals surface area (Å²) in [6, 6.07) is 17.4. The lowest BCUT2D eigenvalue weighted by molar-refractivity contribution is -0.153. The molecule has 184 valence electrons. The fraction of sp³-hybridized carbons (Fsp3) is 0.320. The van der Waals surface area contributed by atoms with Gasteiger partial charge in [-0.15, -0.1) is 0 Å². The number of esters is 1. The number of nitrogens with one attached hydrogen (secondary N) is 1. The summed E-state index contributed by atoms with van der Waals surface area (Å²) in [5, 5.41) is 3.67. The van der Waals surface area contributed by atoms with Crippen molar-refractivity contribution in [3.05, 3.63) is 66.4 Å². The van der Waals surface area contributed by atoms with Crippen LogP contribution in [0.4, 0.5) is 5.69 Å². The van der Waals surface area contributed by atoms with E-state index in [1.54, 1.807) is 0 Å². The predicted molar refractivity (Wildman–Crippen MR) is 130 cm³/mol. The van der Waals surface area contributed by atoms with Gasteiger partial charge < -0.3 is 14.8 Å². The van der Waals surface area contributed by atoms with Crippen LogP contribution >= 0.6 is 0 Å². The second-order valence-electron chi connectivity index (χ2n) is 8.16. The summed E-state index contributed by atoms with van der Waals surface area (Å²) in [4.78, 5) is 29.4. The number of ether oxygens (including phenoxy) is 2. The zero-order chi connectivity index (χ0) is 24.8. The summed E-state index contributed by atoms with van der Waals surface area (Å²) in [6.45, 7) is 2.82. The first kappa shape index (κ1) is 24.8. The molecule has 0 saturated carbocycles. The molecule has 3 aromatic rings. The Kier molecular flexibility index (Phi) is 7.74. The number of hydrogen-bond donors (Lipinski definition) is 1. The summed E-state index contributed by atoms with van der Waals surface area (Å²) in [5.74, 6) is -1.01. The fourth-order valence-corrected chi connectivity index (χ4v) is 5.09. The molecular formula is C25H27N3O6S. The average Bonchev–Trinajstić information content (AvgIpc) is 2.88. The number of carbonyl (C=O) groups excluding carboxylic acids is 2. The van der Waals surface area contributed by atoms with Gasteiger partial charge in [0.1, 0.15) is 0 Å². The zero-order valence-corrected chi connectivity index (χ0v) is 20.2. The van der Waals surface area contributed by atoms with Crippen molar-refractivity contribution in [2.75, 3.05) is 31.6 Å². The number of rotatable bonds is 8. The lowest BCUT2D eigenvalue weighted by Gasteiger charge is -2.26. The molecule has 2 heterocycles. The van der Waals surface area contributed by atoms with Gasteiger partial charge in [-0.25, -0.2) is 8.42 Å². The van der Waals surface area contributed by atoms with E-state index in [4.69, 9.17) is 9.47 Å². The Morgan fingerprint density at radius 1 is 1.06 bits per heavy atom. The first-order valence-corrected chi connectivity index (χ1v) is 12.8. The van der Waals surface area contributed by atoms with E-state index in [0.717, 1.165) is 16.6 Å². The molecular weight excluding hydrogens is 470 g/mol. The number of sulfonamides is 1. The van der Waals surface area contributed by atoms with Crippen LogP contribution in [0.5, 0.6) is 0 Å². The van der Waals surface area contributed by atoms with Crippen molar-refractivity contribution < 1.29 is 27.5 Å². The molecule has 0 radical (unpaired) electrons. The number of nitrogens with zero attached hydrogens (tertiary/aromatic N) is 2. The van der Waals surface area contributed by atoms with Gasteiger partial charge >= 0.3 is 5.97 Å². The van der Waals surface area contributed by atoms with Crippen LogP contribution in [-0.4, -0.2) is 62.0 Å². The van der Waals surface area contributed by atoms with Crippen LogP contribution in [0.2, 0.25) is 0 Å². The van der Waals surface area contributed by atoms with Crippen LogP contribution in [-0.2, 0) is 35.5 Å². The van der Waals surface area contributed by atoms with Crippen molar-refractivity contribution in [3.63, 3.8) is 0 Å². The number of aryl methyl sites for hydroxylation is 1. The maximum atomic E-state index is 12.7. The Labute approximate surface area is 204 Å². The molecule has 1 atom stereocenters. The molecule has 1 aliphatic rings. The SMILES string of the molecule is CC(OC(=O)CCc1ccc2ccccc2n1)C(=O)Nc1ccc(S(=O)(=O)N2CCOCC2)cc1. The van der Waals surface area contributed by atoms with Crippen molar-refractivity contribution >= 4 is 38.5 Å². The summed E-state index contributed by atoms with van der Waals surface area (Å²) in [5.41, 5.74) is 2.03. The van der Waals surface area contributed by atoms with Crippen LogP contribution < -0.4 is 5.32 Å². The zero-order valence-electron chi connectivity index (χ0n) is 19.3. The molecule has 1 N–H and O–H groups in total. The second-order valence-corrected chi connectivity index (χ2v) is 10.1. The first-order chi connectivity index (χ1) is 16.8. The second kappa shape index (κ2) is 10.9. The van der Waals surface area contributed by atoms with E-state index in [1.807, 2.05) is 36.4 Å². The highest BCUT2D eigenvalue weighted by Crippen LogP contribution is 2.20. The molecule has 1 saturated heterocycles. The molecule has 1 fully saturated rings. The van der Waals surface area contributed by atoms with Crippen molar-refractivity contribution in [1.29, 1.82) is 0 Å². The largest absolute Gasteiger partial charge is 0.453 e. The standard InChI is InChI=1S/C25H27N3O6S/c1-18(34-24(29)13-10-20-7-6-19-4-2-3-5-23(19)26-20)25(30)27-21-8-11-22(12-9-21)35(31,32)28-14-16-33-17-15-28/h2-9,11-12,18H,10,13-17H2,1H3,(H,27,30). The maximum absolute atomic E-state index is 12.7. The molecule has 35 heavy (non-hydrogen) atoms. The molecule has 2 aromatic carbocycles. The number of fused-ring (bicyclic) bond motifs is 1. The Hall–Kier alpha value is -3.34. The molecule has 1 aromatic heterocycles. The van der Waals surface area contributed by atoms with Gasteiger partial charge in [-0.05, 0) is 43.3 Å². The number of amides is 1. The number of morpholine rings is 1. The van der Waals surface area contributed by atoms with Crippen LogP contribution in [0.3, 0.4) is 0 Å². The summed E-state index contributed by atoms with van der Waals surface area (Å²) < 4.78 is 37.2. The molecule has 9 nitrogen and oxygen atoms in total. The Morgan fingerprint density at radius 2 is 1.77 bits per heavy atom. The molecule has 10 heteroatoms. The quantitative estimate of drug-likeness (QED) is 0.476.